The van der Waals surface area contributed by atoms with Gasteiger partial charge in [0, 0.05) is 11.9 Å². The van der Waals surface area contributed by atoms with Crippen molar-refractivity contribution in [3.8, 4) is 0 Å². The molecule has 1 unspecified atom stereocenters. The van der Waals surface area contributed by atoms with E-state index in [1.165, 1.54) is 0 Å². The molecule has 5 heteroatoms. The third-order valence-electron chi connectivity index (χ3n) is 2.15. The van der Waals surface area contributed by atoms with Crippen molar-refractivity contribution in [3.05, 3.63) is 28.9 Å². The van der Waals surface area contributed by atoms with Gasteiger partial charge in [-0.1, -0.05) is 23.7 Å². The number of aliphatic hydroxyl groups excluding tert-OH is 1. The van der Waals surface area contributed by atoms with Crippen LogP contribution < -0.4 is 5.73 Å². The van der Waals surface area contributed by atoms with E-state index in [0.717, 1.165) is 10.9 Å². The van der Waals surface area contributed by atoms with Gasteiger partial charge >= 0.3 is 0 Å². The minimum atomic E-state index is -0.700. The highest BCUT2D eigenvalue weighted by Gasteiger charge is 2.13. The van der Waals surface area contributed by atoms with Crippen LogP contribution in [0.3, 0.4) is 0 Å². The van der Waals surface area contributed by atoms with E-state index in [-0.39, 0.29) is 6.54 Å². The summed E-state index contributed by atoms with van der Waals surface area (Å²) < 4.78 is 0. The summed E-state index contributed by atoms with van der Waals surface area (Å²) in [7, 11) is 0. The number of nitrogens with one attached hydrogen (secondary N) is 1. The number of hydrogen-bond donors (Lipinski definition) is 3. The van der Waals surface area contributed by atoms with Gasteiger partial charge in [-0.25, -0.2) is 0 Å². The van der Waals surface area contributed by atoms with Gasteiger partial charge in [0.25, 0.3) is 0 Å². The molecule has 0 bridgehead atoms. The Bertz CT molecular complexity index is 454. The fourth-order valence-corrected chi connectivity index (χ4v) is 1.71. The van der Waals surface area contributed by atoms with E-state index in [1.807, 2.05) is 12.1 Å². The van der Waals surface area contributed by atoms with Crippen molar-refractivity contribution in [2.45, 2.75) is 6.10 Å². The average molecular weight is 212 g/mol. The van der Waals surface area contributed by atoms with Gasteiger partial charge < -0.3 is 10.8 Å². The molecule has 0 fully saturated rings. The van der Waals surface area contributed by atoms with Crippen molar-refractivity contribution in [1.29, 1.82) is 0 Å². The fourth-order valence-electron chi connectivity index (χ4n) is 1.46. The van der Waals surface area contributed by atoms with E-state index in [4.69, 9.17) is 17.3 Å². The molecule has 1 aromatic carbocycles. The molecule has 14 heavy (non-hydrogen) atoms. The maximum absolute atomic E-state index is 9.64. The predicted molar refractivity (Wildman–Crippen MR) is 55.1 cm³/mol. The van der Waals surface area contributed by atoms with E-state index in [2.05, 4.69) is 10.2 Å². The zero-order valence-electron chi connectivity index (χ0n) is 7.37. The second kappa shape index (κ2) is 3.57. The average Bonchev–Trinajstić information content (AvgIpc) is 2.59. The second-order valence-corrected chi connectivity index (χ2v) is 3.41. The van der Waals surface area contributed by atoms with Gasteiger partial charge in [0.2, 0.25) is 0 Å². The van der Waals surface area contributed by atoms with Crippen molar-refractivity contribution in [1.82, 2.24) is 10.2 Å². The SMILES string of the molecule is NCC(O)c1cccc2n[nH]c(Cl)c12. The van der Waals surface area contributed by atoms with Crippen molar-refractivity contribution in [2.24, 2.45) is 5.73 Å². The van der Waals surface area contributed by atoms with E-state index >= 15 is 0 Å². The predicted octanol–water partition coefficient (Wildman–Crippen LogP) is 1.21. The first kappa shape index (κ1) is 9.45. The minimum Gasteiger partial charge on any atom is -0.387 e. The minimum absolute atomic E-state index is 0.167. The summed E-state index contributed by atoms with van der Waals surface area (Å²) in [6, 6.07) is 5.43. The second-order valence-electron chi connectivity index (χ2n) is 3.03. The van der Waals surface area contributed by atoms with Gasteiger partial charge in [0.05, 0.1) is 11.6 Å². The monoisotopic (exact) mass is 211 g/mol. The highest BCUT2D eigenvalue weighted by Crippen LogP contribution is 2.28. The van der Waals surface area contributed by atoms with E-state index < -0.39 is 6.10 Å². The number of halogens is 1. The van der Waals surface area contributed by atoms with Crippen LogP contribution in [0.2, 0.25) is 5.15 Å². The molecule has 0 spiro atoms. The third-order valence-corrected chi connectivity index (χ3v) is 2.42. The molecule has 1 heterocycles. The van der Waals surface area contributed by atoms with Gasteiger partial charge in [-0.05, 0) is 11.6 Å². The highest BCUT2D eigenvalue weighted by molar-refractivity contribution is 6.34. The van der Waals surface area contributed by atoms with Crippen LogP contribution in [-0.2, 0) is 0 Å². The first-order chi connectivity index (χ1) is 6.74. The fraction of sp³-hybridized carbons (Fsp3) is 0.222. The number of fused-ring (bicyclic) bond motifs is 1. The van der Waals surface area contributed by atoms with Gasteiger partial charge in [0.15, 0.2) is 0 Å². The van der Waals surface area contributed by atoms with Crippen LogP contribution in [0.5, 0.6) is 0 Å². The third kappa shape index (κ3) is 1.37. The van der Waals surface area contributed by atoms with Gasteiger partial charge in [0.1, 0.15) is 5.15 Å². The summed E-state index contributed by atoms with van der Waals surface area (Å²) in [6.07, 6.45) is -0.700. The highest BCUT2D eigenvalue weighted by atomic mass is 35.5. The quantitative estimate of drug-likeness (QED) is 0.699. The summed E-state index contributed by atoms with van der Waals surface area (Å²) in [5, 5.41) is 17.5. The van der Waals surface area contributed by atoms with Crippen LogP contribution in [0.25, 0.3) is 10.9 Å². The maximum Gasteiger partial charge on any atom is 0.132 e. The molecule has 0 aliphatic heterocycles. The first-order valence-electron chi connectivity index (χ1n) is 4.24. The van der Waals surface area contributed by atoms with E-state index in [9.17, 15) is 5.11 Å². The zero-order valence-corrected chi connectivity index (χ0v) is 8.12. The Labute approximate surface area is 85.7 Å². The molecule has 0 aliphatic carbocycles. The molecule has 2 rings (SSSR count). The summed E-state index contributed by atoms with van der Waals surface area (Å²) in [5.41, 5.74) is 6.84. The Kier molecular flexibility index (Phi) is 2.41. The molecule has 74 valence electrons. The van der Waals surface area contributed by atoms with Gasteiger partial charge in [-0.2, -0.15) is 5.10 Å². The molecule has 1 aromatic heterocycles. The summed E-state index contributed by atoms with van der Waals surface area (Å²) in [5.74, 6) is 0. The normalized spacial score (nSPS) is 13.4. The Balaban J connectivity index is 2.69. The smallest absolute Gasteiger partial charge is 0.132 e. The van der Waals surface area contributed by atoms with Crippen molar-refractivity contribution in [2.75, 3.05) is 6.54 Å². The molecule has 0 saturated carbocycles. The van der Waals surface area contributed by atoms with Crippen LogP contribution in [0.1, 0.15) is 11.7 Å². The Morgan fingerprint density at radius 2 is 2.36 bits per heavy atom. The lowest BCUT2D eigenvalue weighted by Crippen LogP contribution is -2.11. The molecule has 1 atom stereocenters. The lowest BCUT2D eigenvalue weighted by atomic mass is 10.1. The van der Waals surface area contributed by atoms with Crippen LogP contribution in [-0.4, -0.2) is 21.8 Å². The number of aromatic amines is 1. The van der Waals surface area contributed by atoms with Crippen LogP contribution in [0, 0.1) is 0 Å². The lowest BCUT2D eigenvalue weighted by Gasteiger charge is -2.08. The molecule has 4 nitrogen and oxygen atoms in total. The standard InChI is InChI=1S/C9H10ClN3O/c10-9-8-5(7(14)4-11)2-1-3-6(8)12-13-9/h1-3,7,14H,4,11H2,(H,12,13). The van der Waals surface area contributed by atoms with Gasteiger partial charge in [-0.15, -0.1) is 0 Å². The summed E-state index contributed by atoms with van der Waals surface area (Å²) in [4.78, 5) is 0. The number of nitrogens with two attached hydrogens (primary N) is 1. The topological polar surface area (TPSA) is 74.9 Å². The van der Waals surface area contributed by atoms with Crippen molar-refractivity contribution < 1.29 is 5.11 Å². The molecule has 2 aromatic rings. The van der Waals surface area contributed by atoms with Crippen molar-refractivity contribution >= 4 is 22.5 Å². The summed E-state index contributed by atoms with van der Waals surface area (Å²) in [6.45, 7) is 0.167. The molecule has 0 radical (unpaired) electrons. The first-order valence-corrected chi connectivity index (χ1v) is 4.62. The number of rotatable bonds is 2. The van der Waals surface area contributed by atoms with E-state index in [1.54, 1.807) is 6.07 Å². The Hall–Kier alpha value is -1.10. The molecule has 0 saturated heterocycles. The van der Waals surface area contributed by atoms with Crippen LogP contribution in [0.15, 0.2) is 18.2 Å². The molecule has 0 aliphatic rings. The number of aliphatic hydroxyl groups is 1. The molecular formula is C9H10ClN3O. The van der Waals surface area contributed by atoms with E-state index in [0.29, 0.717) is 10.7 Å². The molecule has 0 amide bonds. The maximum atomic E-state index is 9.64. The number of benzene rings is 1. The lowest BCUT2D eigenvalue weighted by molar-refractivity contribution is 0.188. The van der Waals surface area contributed by atoms with Crippen LogP contribution in [0.4, 0.5) is 0 Å². The Morgan fingerprint density at radius 3 is 3.07 bits per heavy atom. The van der Waals surface area contributed by atoms with Crippen LogP contribution >= 0.6 is 11.6 Å². The molecular weight excluding hydrogens is 202 g/mol. The zero-order chi connectivity index (χ0) is 10.1. The summed E-state index contributed by atoms with van der Waals surface area (Å²) >= 11 is 5.91. The largest absolute Gasteiger partial charge is 0.387 e. The molecule has 4 N–H and O–H groups in total. The van der Waals surface area contributed by atoms with Crippen molar-refractivity contribution in [3.63, 3.8) is 0 Å². The number of H-pyrrole nitrogens is 1. The number of aromatic nitrogens is 2. The number of nitrogens with zero attached hydrogens (tertiary/aromatic N) is 1. The Morgan fingerprint density at radius 1 is 1.57 bits per heavy atom. The number of hydrogen-bond acceptors (Lipinski definition) is 3. The van der Waals surface area contributed by atoms with Gasteiger partial charge in [-0.3, -0.25) is 5.10 Å².